The molecule has 1 unspecified atom stereocenters. The number of nitrogens with one attached hydrogen (secondary N) is 1. The molecule has 4 rings (SSSR count). The van der Waals surface area contributed by atoms with Crippen LogP contribution in [0.3, 0.4) is 0 Å². The van der Waals surface area contributed by atoms with Gasteiger partial charge in [-0.2, -0.15) is 0 Å². The minimum Gasteiger partial charge on any atom is -0.462 e. The van der Waals surface area contributed by atoms with Crippen LogP contribution in [0, 0.1) is 0 Å². The second-order valence-electron chi connectivity index (χ2n) is 8.00. The number of carbonyl (C=O) groups is 4. The molecule has 36 heavy (non-hydrogen) atoms. The topological polar surface area (TPSA) is 115 Å². The average molecular weight is 488 g/mol. The zero-order valence-electron chi connectivity index (χ0n) is 19.9. The normalized spacial score (nSPS) is 16.6. The monoisotopic (exact) mass is 487 g/mol. The molecule has 1 aromatic heterocycles. The molecule has 2 heterocycles. The van der Waals surface area contributed by atoms with E-state index in [9.17, 15) is 19.2 Å². The minimum absolute atomic E-state index is 0.0869. The van der Waals surface area contributed by atoms with Gasteiger partial charge >= 0.3 is 11.9 Å². The fourth-order valence-electron chi connectivity index (χ4n) is 4.07. The highest BCUT2D eigenvalue weighted by Gasteiger charge is 2.59. The van der Waals surface area contributed by atoms with Gasteiger partial charge in [-0.05, 0) is 74.5 Å². The van der Waals surface area contributed by atoms with Crippen LogP contribution in [-0.2, 0) is 24.6 Å². The maximum Gasteiger partial charge on any atom is 0.338 e. The van der Waals surface area contributed by atoms with Gasteiger partial charge in [0.1, 0.15) is 0 Å². The van der Waals surface area contributed by atoms with Crippen LogP contribution in [-0.4, -0.2) is 42.0 Å². The molecule has 9 nitrogen and oxygen atoms in total. The Labute approximate surface area is 208 Å². The van der Waals surface area contributed by atoms with E-state index >= 15 is 0 Å². The first-order valence-electron chi connectivity index (χ1n) is 11.5. The third-order valence-electron chi connectivity index (χ3n) is 5.79. The number of carbonyl (C=O) groups excluding carboxylic acids is 4. The van der Waals surface area contributed by atoms with Gasteiger partial charge in [0.05, 0.1) is 36.5 Å². The Bertz CT molecular complexity index is 1280. The average Bonchev–Trinajstić information content (AvgIpc) is 2.88. The number of nitrogens with zero attached hydrogens (tertiary/aromatic N) is 2. The number of rotatable bonds is 8. The predicted octanol–water partition coefficient (Wildman–Crippen LogP) is 3.71. The standard InChI is InChI=1S/C27H25N3O6/c1-3-35-24(32)18-8-12-20(13-9-18)29-26(34)27(22-7-5-6-16-28-22)17-23(31)30(27)21-14-10-19(11-15-21)25(33)36-4-2/h5-16H,3-4,17H2,1-2H3,(H,29,34). The fourth-order valence-corrected chi connectivity index (χ4v) is 4.07. The largest absolute Gasteiger partial charge is 0.462 e. The van der Waals surface area contributed by atoms with Crippen LogP contribution in [0.15, 0.2) is 72.9 Å². The number of anilines is 2. The van der Waals surface area contributed by atoms with Crippen molar-refractivity contribution in [2.24, 2.45) is 0 Å². The van der Waals surface area contributed by atoms with Crippen molar-refractivity contribution in [2.45, 2.75) is 25.8 Å². The Kier molecular flexibility index (Phi) is 7.10. The Morgan fingerprint density at radius 2 is 1.47 bits per heavy atom. The first-order valence-corrected chi connectivity index (χ1v) is 11.5. The summed E-state index contributed by atoms with van der Waals surface area (Å²) in [6.45, 7) is 3.94. The lowest BCUT2D eigenvalue weighted by Crippen LogP contribution is -2.67. The van der Waals surface area contributed by atoms with E-state index in [2.05, 4.69) is 10.3 Å². The number of benzene rings is 2. The first kappa shape index (κ1) is 24.6. The highest BCUT2D eigenvalue weighted by molar-refractivity contribution is 6.16. The van der Waals surface area contributed by atoms with Gasteiger partial charge in [0.15, 0.2) is 5.54 Å². The van der Waals surface area contributed by atoms with Crippen LogP contribution < -0.4 is 10.2 Å². The van der Waals surface area contributed by atoms with Gasteiger partial charge in [0.25, 0.3) is 5.91 Å². The summed E-state index contributed by atoms with van der Waals surface area (Å²) in [6.07, 6.45) is 1.47. The van der Waals surface area contributed by atoms with Crippen LogP contribution in [0.2, 0.25) is 0 Å². The smallest absolute Gasteiger partial charge is 0.338 e. The van der Waals surface area contributed by atoms with Gasteiger partial charge in [-0.25, -0.2) is 9.59 Å². The molecule has 1 N–H and O–H groups in total. The highest BCUT2D eigenvalue weighted by atomic mass is 16.5. The second kappa shape index (κ2) is 10.4. The van der Waals surface area contributed by atoms with Crippen molar-refractivity contribution in [3.05, 3.63) is 89.7 Å². The zero-order valence-corrected chi connectivity index (χ0v) is 19.9. The molecule has 2 amide bonds. The van der Waals surface area contributed by atoms with E-state index in [0.717, 1.165) is 0 Å². The summed E-state index contributed by atoms with van der Waals surface area (Å²) in [5.41, 5.74) is 0.584. The third kappa shape index (κ3) is 4.55. The molecular formula is C27H25N3O6. The van der Waals surface area contributed by atoms with Crippen molar-refractivity contribution >= 4 is 35.1 Å². The maximum atomic E-state index is 13.7. The molecule has 1 atom stereocenters. The fraction of sp³-hybridized carbons (Fsp3) is 0.222. The maximum absolute atomic E-state index is 13.7. The lowest BCUT2D eigenvalue weighted by atomic mass is 9.78. The molecule has 0 bridgehead atoms. The summed E-state index contributed by atoms with van der Waals surface area (Å²) in [5, 5.41) is 2.85. The quantitative estimate of drug-likeness (QED) is 0.380. The Morgan fingerprint density at radius 3 is 1.97 bits per heavy atom. The van der Waals surface area contributed by atoms with Gasteiger partial charge < -0.3 is 14.8 Å². The Morgan fingerprint density at radius 1 is 0.889 bits per heavy atom. The van der Waals surface area contributed by atoms with Crippen molar-refractivity contribution in [3.63, 3.8) is 0 Å². The highest BCUT2D eigenvalue weighted by Crippen LogP contribution is 2.45. The van der Waals surface area contributed by atoms with Crippen LogP contribution in [0.5, 0.6) is 0 Å². The molecule has 2 aromatic carbocycles. The van der Waals surface area contributed by atoms with Crippen molar-refractivity contribution in [3.8, 4) is 0 Å². The van der Waals surface area contributed by atoms with Gasteiger partial charge in [0, 0.05) is 17.6 Å². The van der Waals surface area contributed by atoms with Crippen molar-refractivity contribution in [1.82, 2.24) is 4.98 Å². The van der Waals surface area contributed by atoms with Crippen LogP contribution in [0.1, 0.15) is 46.7 Å². The number of hydrogen-bond donors (Lipinski definition) is 1. The summed E-state index contributed by atoms with van der Waals surface area (Å²) in [5.74, 6) is -1.65. The van der Waals surface area contributed by atoms with Gasteiger partial charge in [0.2, 0.25) is 5.91 Å². The van der Waals surface area contributed by atoms with Crippen molar-refractivity contribution in [2.75, 3.05) is 23.4 Å². The van der Waals surface area contributed by atoms with E-state index in [1.165, 1.54) is 4.90 Å². The molecule has 1 aliphatic rings. The van der Waals surface area contributed by atoms with Gasteiger partial charge in [-0.1, -0.05) is 6.07 Å². The minimum atomic E-state index is -1.40. The number of pyridine rings is 1. The summed E-state index contributed by atoms with van der Waals surface area (Å²) < 4.78 is 10.0. The van der Waals surface area contributed by atoms with E-state index in [0.29, 0.717) is 28.2 Å². The molecule has 0 radical (unpaired) electrons. The molecule has 9 heteroatoms. The number of ether oxygens (including phenoxy) is 2. The number of hydrogen-bond acceptors (Lipinski definition) is 7. The molecule has 1 fully saturated rings. The number of amides is 2. The molecule has 184 valence electrons. The summed E-state index contributed by atoms with van der Waals surface area (Å²) >= 11 is 0. The molecule has 0 saturated carbocycles. The number of aromatic nitrogens is 1. The zero-order chi connectivity index (χ0) is 25.7. The molecular weight excluding hydrogens is 462 g/mol. The third-order valence-corrected chi connectivity index (χ3v) is 5.79. The molecule has 3 aromatic rings. The first-order chi connectivity index (χ1) is 17.4. The Balaban J connectivity index is 1.65. The summed E-state index contributed by atoms with van der Waals surface area (Å²) in [7, 11) is 0. The lowest BCUT2D eigenvalue weighted by Gasteiger charge is -2.49. The van der Waals surface area contributed by atoms with E-state index in [-0.39, 0.29) is 25.5 Å². The van der Waals surface area contributed by atoms with E-state index in [4.69, 9.17) is 9.47 Å². The van der Waals surface area contributed by atoms with Gasteiger partial charge in [-0.15, -0.1) is 0 Å². The van der Waals surface area contributed by atoms with Crippen molar-refractivity contribution in [1.29, 1.82) is 0 Å². The molecule has 1 saturated heterocycles. The van der Waals surface area contributed by atoms with Crippen molar-refractivity contribution < 1.29 is 28.7 Å². The lowest BCUT2D eigenvalue weighted by molar-refractivity contribution is -0.137. The van der Waals surface area contributed by atoms with Crippen LogP contribution in [0.4, 0.5) is 11.4 Å². The predicted molar refractivity (Wildman–Crippen MR) is 131 cm³/mol. The number of esters is 2. The van der Waals surface area contributed by atoms with E-state index < -0.39 is 23.4 Å². The van der Waals surface area contributed by atoms with E-state index in [1.54, 1.807) is 86.8 Å². The number of β-lactam (4-membered cyclic amide) rings is 1. The van der Waals surface area contributed by atoms with Gasteiger partial charge in [-0.3, -0.25) is 19.5 Å². The summed E-state index contributed by atoms with van der Waals surface area (Å²) in [4.78, 5) is 56.3. The molecule has 1 aliphatic heterocycles. The Hall–Kier alpha value is -4.53. The van der Waals surface area contributed by atoms with Crippen LogP contribution in [0.25, 0.3) is 0 Å². The van der Waals surface area contributed by atoms with E-state index in [1.807, 2.05) is 0 Å². The molecule has 0 spiro atoms. The summed E-state index contributed by atoms with van der Waals surface area (Å²) in [6, 6.07) is 17.8. The molecule has 0 aliphatic carbocycles. The SMILES string of the molecule is CCOC(=O)c1ccc(NC(=O)C2(c3ccccn3)CC(=O)N2c2ccc(C(=O)OCC)cc2)cc1. The van der Waals surface area contributed by atoms with Crippen LogP contribution >= 0.6 is 0 Å². The second-order valence-corrected chi connectivity index (χ2v) is 8.00.